The van der Waals surface area contributed by atoms with Crippen LogP contribution in [0.1, 0.15) is 32.3 Å². The highest BCUT2D eigenvalue weighted by atomic mass is 15.0. The molecule has 0 bridgehead atoms. The van der Waals surface area contributed by atoms with Gasteiger partial charge in [-0.15, -0.1) is 0 Å². The number of likely N-dealkylation sites (N-methyl/N-ethyl adjacent to an activating group) is 1. The third-order valence-electron chi connectivity index (χ3n) is 3.73. The van der Waals surface area contributed by atoms with E-state index in [9.17, 15) is 0 Å². The van der Waals surface area contributed by atoms with Crippen LogP contribution in [0.3, 0.4) is 0 Å². The summed E-state index contributed by atoms with van der Waals surface area (Å²) in [6.45, 7) is 7.63. The summed E-state index contributed by atoms with van der Waals surface area (Å²) >= 11 is 0. The molecule has 1 atom stereocenters. The zero-order valence-electron chi connectivity index (χ0n) is 11.0. The average molecular weight is 232 g/mol. The first-order chi connectivity index (χ1) is 8.27. The Kier molecular flexibility index (Phi) is 4.19. The van der Waals surface area contributed by atoms with E-state index in [0.29, 0.717) is 11.5 Å². The molecule has 0 aliphatic heterocycles. The van der Waals surface area contributed by atoms with Crippen LogP contribution in [0.4, 0.5) is 0 Å². The summed E-state index contributed by atoms with van der Waals surface area (Å²) in [5.74, 6) is 0. The topological polar surface area (TPSA) is 24.1 Å². The Hall–Kier alpha value is -0.860. The SMILES string of the molecule is CCNCC(C)NCC1(c2ccccc2)CC1. The van der Waals surface area contributed by atoms with Crippen LogP contribution in [0.15, 0.2) is 30.3 Å². The van der Waals surface area contributed by atoms with Gasteiger partial charge in [-0.05, 0) is 31.9 Å². The zero-order valence-corrected chi connectivity index (χ0v) is 11.0. The minimum atomic E-state index is 0.432. The molecule has 0 saturated heterocycles. The van der Waals surface area contributed by atoms with Crippen molar-refractivity contribution in [1.82, 2.24) is 10.6 Å². The molecule has 1 aliphatic carbocycles. The molecule has 0 heterocycles. The molecule has 2 rings (SSSR count). The van der Waals surface area contributed by atoms with Crippen LogP contribution in [0.5, 0.6) is 0 Å². The van der Waals surface area contributed by atoms with Gasteiger partial charge in [0.2, 0.25) is 0 Å². The number of hydrogen-bond acceptors (Lipinski definition) is 2. The quantitative estimate of drug-likeness (QED) is 0.754. The molecule has 0 radical (unpaired) electrons. The van der Waals surface area contributed by atoms with Gasteiger partial charge in [0.25, 0.3) is 0 Å². The van der Waals surface area contributed by atoms with Crippen molar-refractivity contribution >= 4 is 0 Å². The van der Waals surface area contributed by atoms with Crippen molar-refractivity contribution in [2.45, 2.75) is 38.1 Å². The van der Waals surface area contributed by atoms with Crippen LogP contribution >= 0.6 is 0 Å². The molecule has 0 amide bonds. The summed E-state index contributed by atoms with van der Waals surface area (Å²) < 4.78 is 0. The normalized spacial score (nSPS) is 18.9. The molecule has 1 saturated carbocycles. The van der Waals surface area contributed by atoms with Gasteiger partial charge in [-0.1, -0.05) is 37.3 Å². The highest BCUT2D eigenvalue weighted by Gasteiger charge is 2.43. The van der Waals surface area contributed by atoms with Gasteiger partial charge < -0.3 is 10.6 Å². The number of benzene rings is 1. The minimum absolute atomic E-state index is 0.432. The number of nitrogens with one attached hydrogen (secondary N) is 2. The van der Waals surface area contributed by atoms with Crippen molar-refractivity contribution < 1.29 is 0 Å². The lowest BCUT2D eigenvalue weighted by atomic mass is 9.96. The van der Waals surface area contributed by atoms with Crippen LogP contribution < -0.4 is 10.6 Å². The fourth-order valence-corrected chi connectivity index (χ4v) is 2.31. The number of rotatable bonds is 7. The van der Waals surface area contributed by atoms with Crippen LogP contribution in [-0.2, 0) is 5.41 Å². The van der Waals surface area contributed by atoms with E-state index in [4.69, 9.17) is 0 Å². The maximum absolute atomic E-state index is 3.66. The largest absolute Gasteiger partial charge is 0.315 e. The minimum Gasteiger partial charge on any atom is -0.315 e. The molecule has 2 heteroatoms. The van der Waals surface area contributed by atoms with E-state index in [2.05, 4.69) is 54.8 Å². The summed E-state index contributed by atoms with van der Waals surface area (Å²) in [5.41, 5.74) is 1.94. The molecule has 1 aliphatic rings. The molecule has 1 unspecified atom stereocenters. The summed E-state index contributed by atoms with van der Waals surface area (Å²) in [4.78, 5) is 0. The first-order valence-corrected chi connectivity index (χ1v) is 6.76. The van der Waals surface area contributed by atoms with Crippen molar-refractivity contribution in [3.05, 3.63) is 35.9 Å². The predicted molar refractivity (Wildman–Crippen MR) is 73.4 cm³/mol. The average Bonchev–Trinajstić information content (AvgIpc) is 3.16. The maximum Gasteiger partial charge on any atom is 0.0164 e. The van der Waals surface area contributed by atoms with Crippen molar-refractivity contribution in [1.29, 1.82) is 0 Å². The third kappa shape index (κ3) is 3.30. The summed E-state index contributed by atoms with van der Waals surface area (Å²) in [7, 11) is 0. The highest BCUT2D eigenvalue weighted by molar-refractivity contribution is 5.31. The molecule has 94 valence electrons. The van der Waals surface area contributed by atoms with Crippen LogP contribution in [0, 0.1) is 0 Å². The van der Waals surface area contributed by atoms with E-state index in [1.165, 1.54) is 18.4 Å². The lowest BCUT2D eigenvalue weighted by molar-refractivity contribution is 0.473. The second kappa shape index (κ2) is 5.65. The van der Waals surface area contributed by atoms with E-state index in [0.717, 1.165) is 19.6 Å². The highest BCUT2D eigenvalue weighted by Crippen LogP contribution is 2.47. The van der Waals surface area contributed by atoms with Gasteiger partial charge in [-0.2, -0.15) is 0 Å². The second-order valence-electron chi connectivity index (χ2n) is 5.24. The first kappa shape index (κ1) is 12.6. The van der Waals surface area contributed by atoms with Crippen molar-refractivity contribution in [2.75, 3.05) is 19.6 Å². The van der Waals surface area contributed by atoms with Gasteiger partial charge in [0.1, 0.15) is 0 Å². The standard InChI is InChI=1S/C15H24N2/c1-3-16-11-13(2)17-12-15(9-10-15)14-7-5-4-6-8-14/h4-8,13,16-17H,3,9-12H2,1-2H3. The van der Waals surface area contributed by atoms with Crippen molar-refractivity contribution in [3.8, 4) is 0 Å². The lowest BCUT2D eigenvalue weighted by Gasteiger charge is -2.20. The molecule has 0 aromatic heterocycles. The molecular formula is C15H24N2. The molecule has 17 heavy (non-hydrogen) atoms. The van der Waals surface area contributed by atoms with Gasteiger partial charge in [-0.25, -0.2) is 0 Å². The summed E-state index contributed by atoms with van der Waals surface area (Å²) in [6, 6.07) is 11.5. The van der Waals surface area contributed by atoms with Crippen LogP contribution in [-0.4, -0.2) is 25.7 Å². The van der Waals surface area contributed by atoms with Gasteiger partial charge in [-0.3, -0.25) is 0 Å². The van der Waals surface area contributed by atoms with Crippen LogP contribution in [0.2, 0.25) is 0 Å². The Morgan fingerprint density at radius 2 is 1.94 bits per heavy atom. The Morgan fingerprint density at radius 1 is 1.24 bits per heavy atom. The van der Waals surface area contributed by atoms with E-state index >= 15 is 0 Å². The second-order valence-corrected chi connectivity index (χ2v) is 5.24. The zero-order chi connectivity index (χ0) is 12.1. The van der Waals surface area contributed by atoms with E-state index in [-0.39, 0.29) is 0 Å². The summed E-state index contributed by atoms with van der Waals surface area (Å²) in [5, 5.41) is 7.04. The summed E-state index contributed by atoms with van der Waals surface area (Å²) in [6.07, 6.45) is 2.66. The Balaban J connectivity index is 1.83. The molecular weight excluding hydrogens is 208 g/mol. The van der Waals surface area contributed by atoms with E-state index in [1.807, 2.05) is 0 Å². The van der Waals surface area contributed by atoms with Crippen LogP contribution in [0.25, 0.3) is 0 Å². The molecule has 2 nitrogen and oxygen atoms in total. The Morgan fingerprint density at radius 3 is 2.53 bits per heavy atom. The van der Waals surface area contributed by atoms with Gasteiger partial charge >= 0.3 is 0 Å². The van der Waals surface area contributed by atoms with Crippen molar-refractivity contribution in [3.63, 3.8) is 0 Å². The first-order valence-electron chi connectivity index (χ1n) is 6.76. The maximum atomic E-state index is 3.66. The fraction of sp³-hybridized carbons (Fsp3) is 0.600. The smallest absolute Gasteiger partial charge is 0.0164 e. The third-order valence-corrected chi connectivity index (χ3v) is 3.73. The molecule has 2 N–H and O–H groups in total. The lowest BCUT2D eigenvalue weighted by Crippen LogP contribution is -2.40. The van der Waals surface area contributed by atoms with Gasteiger partial charge in [0.05, 0.1) is 0 Å². The molecule has 0 spiro atoms. The Bertz CT molecular complexity index is 330. The van der Waals surface area contributed by atoms with Gasteiger partial charge in [0.15, 0.2) is 0 Å². The van der Waals surface area contributed by atoms with Gasteiger partial charge in [0, 0.05) is 24.5 Å². The fourth-order valence-electron chi connectivity index (χ4n) is 2.31. The van der Waals surface area contributed by atoms with Crippen molar-refractivity contribution in [2.24, 2.45) is 0 Å². The molecule has 1 aromatic carbocycles. The number of hydrogen-bond donors (Lipinski definition) is 2. The monoisotopic (exact) mass is 232 g/mol. The molecule has 1 aromatic rings. The van der Waals surface area contributed by atoms with E-state index in [1.54, 1.807) is 0 Å². The Labute approximate surface area is 105 Å². The molecule has 1 fully saturated rings. The van der Waals surface area contributed by atoms with E-state index < -0.39 is 0 Å². The predicted octanol–water partition coefficient (Wildman–Crippen LogP) is 2.31.